The number of rotatable bonds is 4. The zero-order valence-electron chi connectivity index (χ0n) is 9.94. The molecule has 1 fully saturated rings. The number of carbonyl (C=O) groups is 1. The summed E-state index contributed by atoms with van der Waals surface area (Å²) in [6, 6.07) is 0. The number of amides is 1. The number of nitrogens with zero attached hydrogens (tertiary/aromatic N) is 2. The monoisotopic (exact) mass is 255 g/mol. The van der Waals surface area contributed by atoms with Crippen molar-refractivity contribution >= 4 is 17.4 Å². The second kappa shape index (κ2) is 6.07. The minimum Gasteiger partial charge on any atom is -0.381 e. The smallest absolute Gasteiger partial charge is 0.220 e. The van der Waals surface area contributed by atoms with Gasteiger partial charge in [-0.2, -0.15) is 0 Å². The Morgan fingerprint density at radius 1 is 1.65 bits per heavy atom. The minimum absolute atomic E-state index is 0.0910. The molecule has 1 saturated heterocycles. The number of nitrogens with one attached hydrogen (secondary N) is 1. The van der Waals surface area contributed by atoms with Gasteiger partial charge >= 0.3 is 0 Å². The molecule has 5 nitrogen and oxygen atoms in total. The van der Waals surface area contributed by atoms with E-state index in [1.807, 2.05) is 6.92 Å². The molecule has 0 radical (unpaired) electrons. The Morgan fingerprint density at radius 3 is 3.18 bits per heavy atom. The minimum atomic E-state index is 0.0910. The summed E-state index contributed by atoms with van der Waals surface area (Å²) in [5.74, 6) is 0.470. The molecule has 1 aliphatic rings. The number of aryl methyl sites for hydroxylation is 1. The molecule has 0 aromatic carbocycles. The van der Waals surface area contributed by atoms with Gasteiger partial charge in [0.2, 0.25) is 5.91 Å². The van der Waals surface area contributed by atoms with Crippen molar-refractivity contribution in [3.8, 4) is 0 Å². The van der Waals surface area contributed by atoms with Gasteiger partial charge in [0.15, 0.2) is 0 Å². The van der Waals surface area contributed by atoms with Gasteiger partial charge in [0, 0.05) is 19.6 Å². The van der Waals surface area contributed by atoms with Crippen molar-refractivity contribution in [2.24, 2.45) is 5.92 Å². The molecule has 0 unspecified atom stereocenters. The molecule has 0 saturated carbocycles. The van der Waals surface area contributed by atoms with Crippen LogP contribution < -0.4 is 5.32 Å². The first-order chi connectivity index (χ1) is 8.25. The Bertz CT molecular complexity index is 375. The molecule has 2 heterocycles. The first kappa shape index (κ1) is 12.4. The average molecular weight is 255 g/mol. The summed E-state index contributed by atoms with van der Waals surface area (Å²) in [6.45, 7) is 3.99. The topological polar surface area (TPSA) is 64.1 Å². The third-order valence-corrected chi connectivity index (χ3v) is 3.74. The quantitative estimate of drug-likeness (QED) is 0.880. The molecular formula is C11H17N3O2S. The lowest BCUT2D eigenvalue weighted by Crippen LogP contribution is -2.28. The lowest BCUT2D eigenvalue weighted by molar-refractivity contribution is -0.123. The lowest BCUT2D eigenvalue weighted by Gasteiger charge is -2.21. The van der Waals surface area contributed by atoms with E-state index in [1.165, 1.54) is 11.5 Å². The maximum absolute atomic E-state index is 11.7. The molecule has 1 aromatic rings. The van der Waals surface area contributed by atoms with Gasteiger partial charge in [0.25, 0.3) is 0 Å². The lowest BCUT2D eigenvalue weighted by atomic mass is 9.98. The van der Waals surface area contributed by atoms with Crippen molar-refractivity contribution in [3.63, 3.8) is 0 Å². The van der Waals surface area contributed by atoms with Crippen molar-refractivity contribution in [2.75, 3.05) is 13.2 Å². The highest BCUT2D eigenvalue weighted by Gasteiger charge is 2.17. The Kier molecular flexibility index (Phi) is 4.44. The molecule has 1 N–H and O–H groups in total. The van der Waals surface area contributed by atoms with Gasteiger partial charge in [0.05, 0.1) is 17.1 Å². The zero-order valence-corrected chi connectivity index (χ0v) is 10.8. The summed E-state index contributed by atoms with van der Waals surface area (Å²) in [5.41, 5.74) is 0.899. The van der Waals surface area contributed by atoms with Crippen molar-refractivity contribution in [1.29, 1.82) is 0 Å². The van der Waals surface area contributed by atoms with Crippen LogP contribution in [0.4, 0.5) is 0 Å². The van der Waals surface area contributed by atoms with Crippen molar-refractivity contribution in [3.05, 3.63) is 10.6 Å². The highest BCUT2D eigenvalue weighted by Crippen LogP contribution is 2.17. The second-order valence-electron chi connectivity index (χ2n) is 4.35. The number of hydrogen-bond donors (Lipinski definition) is 1. The zero-order chi connectivity index (χ0) is 12.1. The first-order valence-electron chi connectivity index (χ1n) is 5.88. The molecule has 0 bridgehead atoms. The summed E-state index contributed by atoms with van der Waals surface area (Å²) in [7, 11) is 0. The molecular weight excluding hydrogens is 238 g/mol. The van der Waals surface area contributed by atoms with Gasteiger partial charge in [-0.25, -0.2) is 0 Å². The largest absolute Gasteiger partial charge is 0.381 e. The van der Waals surface area contributed by atoms with E-state index in [4.69, 9.17) is 4.74 Å². The van der Waals surface area contributed by atoms with Gasteiger partial charge in [-0.1, -0.05) is 4.49 Å². The second-order valence-corrected chi connectivity index (χ2v) is 5.18. The fourth-order valence-corrected chi connectivity index (χ4v) is 2.47. The predicted molar refractivity (Wildman–Crippen MR) is 64.7 cm³/mol. The standard InChI is InChI=1S/C11H17N3O2S/c1-8-10(17-14-13-8)6-12-11(15)5-9-3-2-4-16-7-9/h9H,2-7H2,1H3,(H,12,15)/t9-/m0/s1. The van der Waals surface area contributed by atoms with Crippen LogP contribution in [-0.4, -0.2) is 28.7 Å². The van der Waals surface area contributed by atoms with Crippen LogP contribution in [-0.2, 0) is 16.1 Å². The SMILES string of the molecule is Cc1nnsc1CNC(=O)C[C@@H]1CCCOC1. The van der Waals surface area contributed by atoms with E-state index < -0.39 is 0 Å². The molecule has 2 rings (SSSR count). The normalized spacial score (nSPS) is 20.2. The Labute approximate surface area is 105 Å². The van der Waals surface area contributed by atoms with E-state index >= 15 is 0 Å². The van der Waals surface area contributed by atoms with Gasteiger partial charge in [-0.05, 0) is 37.2 Å². The summed E-state index contributed by atoms with van der Waals surface area (Å²) < 4.78 is 9.19. The highest BCUT2D eigenvalue weighted by atomic mass is 32.1. The number of carbonyl (C=O) groups excluding carboxylic acids is 1. The molecule has 6 heteroatoms. The fourth-order valence-electron chi connectivity index (χ4n) is 1.89. The number of ether oxygens (including phenoxy) is 1. The van der Waals surface area contributed by atoms with Crippen LogP contribution in [0.25, 0.3) is 0 Å². The van der Waals surface area contributed by atoms with E-state index in [1.54, 1.807) is 0 Å². The number of hydrogen-bond acceptors (Lipinski definition) is 5. The van der Waals surface area contributed by atoms with Gasteiger partial charge in [-0.15, -0.1) is 5.10 Å². The Balaban J connectivity index is 1.72. The molecule has 0 spiro atoms. The average Bonchev–Trinajstić information content (AvgIpc) is 2.74. The van der Waals surface area contributed by atoms with Crippen LogP contribution in [0.5, 0.6) is 0 Å². The van der Waals surface area contributed by atoms with Crippen molar-refractivity contribution < 1.29 is 9.53 Å². The first-order valence-corrected chi connectivity index (χ1v) is 6.65. The summed E-state index contributed by atoms with van der Waals surface area (Å²) >= 11 is 1.34. The molecule has 1 atom stereocenters. The number of aromatic nitrogens is 2. The summed E-state index contributed by atoms with van der Waals surface area (Å²) in [4.78, 5) is 12.7. The van der Waals surface area contributed by atoms with Crippen LogP contribution in [0, 0.1) is 12.8 Å². The van der Waals surface area contributed by atoms with E-state index in [9.17, 15) is 4.79 Å². The van der Waals surface area contributed by atoms with Gasteiger partial charge < -0.3 is 10.1 Å². The van der Waals surface area contributed by atoms with Crippen LogP contribution in [0.2, 0.25) is 0 Å². The Morgan fingerprint density at radius 2 is 2.53 bits per heavy atom. The molecule has 17 heavy (non-hydrogen) atoms. The van der Waals surface area contributed by atoms with Crippen LogP contribution in [0.15, 0.2) is 0 Å². The maximum Gasteiger partial charge on any atom is 0.220 e. The van der Waals surface area contributed by atoms with Gasteiger partial charge in [-0.3, -0.25) is 4.79 Å². The highest BCUT2D eigenvalue weighted by molar-refractivity contribution is 7.05. The van der Waals surface area contributed by atoms with E-state index in [0.717, 1.165) is 30.0 Å². The van der Waals surface area contributed by atoms with E-state index in [-0.39, 0.29) is 5.91 Å². The molecule has 0 aliphatic carbocycles. The van der Waals surface area contributed by atoms with Crippen molar-refractivity contribution in [2.45, 2.75) is 32.7 Å². The fraction of sp³-hybridized carbons (Fsp3) is 0.727. The van der Waals surface area contributed by atoms with Gasteiger partial charge in [0.1, 0.15) is 0 Å². The van der Waals surface area contributed by atoms with Crippen molar-refractivity contribution in [1.82, 2.24) is 14.9 Å². The van der Waals surface area contributed by atoms with Crippen LogP contribution in [0.1, 0.15) is 29.8 Å². The third-order valence-electron chi connectivity index (χ3n) is 2.92. The third kappa shape index (κ3) is 3.74. The molecule has 1 amide bonds. The molecule has 1 aromatic heterocycles. The Hall–Kier alpha value is -1.01. The van der Waals surface area contributed by atoms with E-state index in [0.29, 0.717) is 25.5 Å². The molecule has 1 aliphatic heterocycles. The predicted octanol–water partition coefficient (Wildman–Crippen LogP) is 1.28. The summed E-state index contributed by atoms with van der Waals surface area (Å²) in [6.07, 6.45) is 2.72. The summed E-state index contributed by atoms with van der Waals surface area (Å²) in [5, 5.41) is 6.82. The molecule has 94 valence electrons. The van der Waals surface area contributed by atoms with Crippen LogP contribution in [0.3, 0.4) is 0 Å². The maximum atomic E-state index is 11.7. The van der Waals surface area contributed by atoms with E-state index in [2.05, 4.69) is 14.9 Å². The van der Waals surface area contributed by atoms with Crippen LogP contribution >= 0.6 is 11.5 Å².